The first-order valence-electron chi connectivity index (χ1n) is 9.70. The number of hydrogen-bond donors (Lipinski definition) is 3. The minimum absolute atomic E-state index is 0.0664. The molecule has 0 aliphatic rings. The Morgan fingerprint density at radius 2 is 1.90 bits per heavy atom. The molecule has 1 aromatic carbocycles. The number of carbonyl (C=O) groups excluding carboxylic acids is 1. The van der Waals surface area contributed by atoms with E-state index in [9.17, 15) is 14.7 Å². The van der Waals surface area contributed by atoms with Gasteiger partial charge in [0.25, 0.3) is 5.56 Å². The summed E-state index contributed by atoms with van der Waals surface area (Å²) in [6.45, 7) is 5.83. The van der Waals surface area contributed by atoms with Crippen molar-refractivity contribution in [2.75, 3.05) is 18.4 Å². The standard InChI is InChI=1S/C21H25N5O3S/c1-13(2)26-18(29)10-9-16(25-26)20-19(15-7-5-4-6-8-15)24-21(30-20)23-17(28)12-22-11-14(3)27/h4-10,13-14,22,27H,11-12H2,1-3H3,(H,23,24,28)/t14-/m0/s1. The van der Waals surface area contributed by atoms with Crippen LogP contribution in [0.2, 0.25) is 0 Å². The highest BCUT2D eigenvalue weighted by Crippen LogP contribution is 2.37. The van der Waals surface area contributed by atoms with Crippen LogP contribution >= 0.6 is 11.3 Å². The number of hydrogen-bond acceptors (Lipinski definition) is 7. The van der Waals surface area contributed by atoms with Crippen LogP contribution in [0.25, 0.3) is 21.8 Å². The lowest BCUT2D eigenvalue weighted by molar-refractivity contribution is -0.115. The zero-order chi connectivity index (χ0) is 21.7. The molecule has 3 N–H and O–H groups in total. The monoisotopic (exact) mass is 427 g/mol. The summed E-state index contributed by atoms with van der Waals surface area (Å²) in [4.78, 5) is 29.7. The number of aromatic nitrogens is 3. The van der Waals surface area contributed by atoms with E-state index >= 15 is 0 Å². The zero-order valence-corrected chi connectivity index (χ0v) is 17.9. The molecule has 0 saturated carbocycles. The van der Waals surface area contributed by atoms with Gasteiger partial charge in [-0.2, -0.15) is 5.10 Å². The third-order valence-corrected chi connectivity index (χ3v) is 5.19. The molecule has 0 fully saturated rings. The Balaban J connectivity index is 1.95. The first-order chi connectivity index (χ1) is 14.3. The van der Waals surface area contributed by atoms with E-state index in [4.69, 9.17) is 0 Å². The molecule has 0 aliphatic heterocycles. The molecule has 1 atom stereocenters. The summed E-state index contributed by atoms with van der Waals surface area (Å²) in [7, 11) is 0. The predicted octanol–water partition coefficient (Wildman–Crippen LogP) is 2.52. The third kappa shape index (κ3) is 5.38. The number of anilines is 1. The summed E-state index contributed by atoms with van der Waals surface area (Å²) in [6.07, 6.45) is -0.531. The van der Waals surface area contributed by atoms with Gasteiger partial charge in [-0.05, 0) is 26.8 Å². The fraction of sp³-hybridized carbons (Fsp3) is 0.333. The summed E-state index contributed by atoms with van der Waals surface area (Å²) in [5.74, 6) is -0.254. The van der Waals surface area contributed by atoms with Crippen molar-refractivity contribution < 1.29 is 9.90 Å². The van der Waals surface area contributed by atoms with Crippen LogP contribution in [-0.4, -0.2) is 45.0 Å². The molecule has 0 radical (unpaired) electrons. The van der Waals surface area contributed by atoms with Crippen LogP contribution in [-0.2, 0) is 4.79 Å². The lowest BCUT2D eigenvalue weighted by Gasteiger charge is -2.09. The number of carbonyl (C=O) groups is 1. The van der Waals surface area contributed by atoms with Crippen molar-refractivity contribution in [2.45, 2.75) is 32.9 Å². The number of nitrogens with zero attached hydrogens (tertiary/aromatic N) is 3. The number of nitrogens with one attached hydrogen (secondary N) is 2. The molecule has 30 heavy (non-hydrogen) atoms. The minimum Gasteiger partial charge on any atom is -0.392 e. The summed E-state index contributed by atoms with van der Waals surface area (Å²) in [5.41, 5.74) is 2.03. The molecule has 2 heterocycles. The lowest BCUT2D eigenvalue weighted by Crippen LogP contribution is -2.32. The molecule has 0 aliphatic carbocycles. The van der Waals surface area contributed by atoms with E-state index in [0.717, 1.165) is 10.4 Å². The Labute approximate surface area is 178 Å². The Morgan fingerprint density at radius 3 is 2.57 bits per heavy atom. The fourth-order valence-electron chi connectivity index (χ4n) is 2.81. The van der Waals surface area contributed by atoms with E-state index in [1.807, 2.05) is 44.2 Å². The van der Waals surface area contributed by atoms with Crippen LogP contribution in [0.4, 0.5) is 5.13 Å². The first kappa shape index (κ1) is 21.8. The van der Waals surface area contributed by atoms with Gasteiger partial charge in [-0.15, -0.1) is 0 Å². The maximum absolute atomic E-state index is 12.2. The smallest absolute Gasteiger partial charge is 0.267 e. The Morgan fingerprint density at radius 1 is 1.17 bits per heavy atom. The van der Waals surface area contributed by atoms with E-state index in [1.54, 1.807) is 13.0 Å². The van der Waals surface area contributed by atoms with Crippen LogP contribution in [0.15, 0.2) is 47.3 Å². The Hall–Kier alpha value is -2.88. The van der Waals surface area contributed by atoms with Crippen molar-refractivity contribution in [2.24, 2.45) is 0 Å². The van der Waals surface area contributed by atoms with Gasteiger partial charge in [0.2, 0.25) is 5.91 Å². The van der Waals surface area contributed by atoms with Gasteiger partial charge in [0, 0.05) is 18.2 Å². The van der Waals surface area contributed by atoms with Gasteiger partial charge in [0.1, 0.15) is 5.69 Å². The van der Waals surface area contributed by atoms with E-state index in [1.165, 1.54) is 22.1 Å². The molecule has 8 nitrogen and oxygen atoms in total. The molecule has 2 aromatic heterocycles. The summed E-state index contributed by atoms with van der Waals surface area (Å²) in [5, 5.41) is 19.9. The number of aliphatic hydroxyl groups is 1. The fourth-order valence-corrected chi connectivity index (χ4v) is 3.78. The van der Waals surface area contributed by atoms with Crippen LogP contribution < -0.4 is 16.2 Å². The van der Waals surface area contributed by atoms with Crippen LogP contribution in [0.3, 0.4) is 0 Å². The molecule has 0 unspecified atom stereocenters. The molecular formula is C21H25N5O3S. The largest absolute Gasteiger partial charge is 0.392 e. The topological polar surface area (TPSA) is 109 Å². The second-order valence-electron chi connectivity index (χ2n) is 7.19. The van der Waals surface area contributed by atoms with Gasteiger partial charge in [0.05, 0.1) is 29.3 Å². The molecular weight excluding hydrogens is 402 g/mol. The summed E-state index contributed by atoms with van der Waals surface area (Å²) >= 11 is 1.30. The lowest BCUT2D eigenvalue weighted by atomic mass is 10.1. The number of amides is 1. The quantitative estimate of drug-likeness (QED) is 0.510. The average molecular weight is 428 g/mol. The normalized spacial score (nSPS) is 12.2. The number of rotatable bonds is 8. The number of benzene rings is 1. The average Bonchev–Trinajstić information content (AvgIpc) is 3.12. The van der Waals surface area contributed by atoms with Crippen LogP contribution in [0.1, 0.15) is 26.8 Å². The van der Waals surface area contributed by atoms with Crippen LogP contribution in [0.5, 0.6) is 0 Å². The van der Waals surface area contributed by atoms with Crippen molar-refractivity contribution in [1.29, 1.82) is 0 Å². The van der Waals surface area contributed by atoms with Gasteiger partial charge in [-0.1, -0.05) is 41.7 Å². The van der Waals surface area contributed by atoms with E-state index < -0.39 is 6.10 Å². The highest BCUT2D eigenvalue weighted by atomic mass is 32.1. The molecule has 0 saturated heterocycles. The van der Waals surface area contributed by atoms with Crippen molar-refractivity contribution in [3.05, 3.63) is 52.8 Å². The molecule has 0 bridgehead atoms. The van der Waals surface area contributed by atoms with Gasteiger partial charge in [0.15, 0.2) is 5.13 Å². The molecule has 0 spiro atoms. The summed E-state index contributed by atoms with van der Waals surface area (Å²) < 4.78 is 1.43. The minimum atomic E-state index is -0.531. The van der Waals surface area contributed by atoms with Gasteiger partial charge in [-0.3, -0.25) is 9.59 Å². The second kappa shape index (κ2) is 9.75. The second-order valence-corrected chi connectivity index (χ2v) is 8.19. The van der Waals surface area contributed by atoms with E-state index in [0.29, 0.717) is 23.1 Å². The van der Waals surface area contributed by atoms with E-state index in [-0.39, 0.29) is 24.1 Å². The maximum Gasteiger partial charge on any atom is 0.267 e. The van der Waals surface area contributed by atoms with Gasteiger partial charge >= 0.3 is 0 Å². The zero-order valence-electron chi connectivity index (χ0n) is 17.1. The Kier molecular flexibility index (Phi) is 7.09. The van der Waals surface area contributed by atoms with Crippen molar-refractivity contribution >= 4 is 22.4 Å². The first-order valence-corrected chi connectivity index (χ1v) is 10.5. The van der Waals surface area contributed by atoms with Crippen molar-refractivity contribution in [3.8, 4) is 21.8 Å². The highest BCUT2D eigenvalue weighted by Gasteiger charge is 2.18. The number of thiazole rings is 1. The molecule has 3 rings (SSSR count). The number of aliphatic hydroxyl groups excluding tert-OH is 1. The third-order valence-electron chi connectivity index (χ3n) is 4.19. The molecule has 158 valence electrons. The van der Waals surface area contributed by atoms with Crippen molar-refractivity contribution in [3.63, 3.8) is 0 Å². The SMILES string of the molecule is CC(C)n1nc(-c2sc(NC(=O)CNC[C@H](C)O)nc2-c2ccccc2)ccc1=O. The highest BCUT2D eigenvalue weighted by molar-refractivity contribution is 7.19. The predicted molar refractivity (Wildman–Crippen MR) is 119 cm³/mol. The summed E-state index contributed by atoms with van der Waals surface area (Å²) in [6, 6.07) is 12.7. The van der Waals surface area contributed by atoms with E-state index in [2.05, 4.69) is 20.7 Å². The maximum atomic E-state index is 12.2. The molecule has 3 aromatic rings. The van der Waals surface area contributed by atoms with Gasteiger partial charge in [-0.25, -0.2) is 9.67 Å². The van der Waals surface area contributed by atoms with Crippen molar-refractivity contribution in [1.82, 2.24) is 20.1 Å². The molecule has 1 amide bonds. The van der Waals surface area contributed by atoms with Crippen LogP contribution in [0, 0.1) is 0 Å². The molecule has 9 heteroatoms. The Bertz CT molecular complexity index is 1060. The van der Waals surface area contributed by atoms with Gasteiger partial charge < -0.3 is 15.7 Å².